The van der Waals surface area contributed by atoms with Gasteiger partial charge in [0.1, 0.15) is 11.5 Å². The molecule has 126 valence electrons. The van der Waals surface area contributed by atoms with Gasteiger partial charge in [-0.15, -0.1) is 0 Å². The molecule has 0 spiro atoms. The van der Waals surface area contributed by atoms with E-state index in [4.69, 9.17) is 18.9 Å². The molecule has 0 aliphatic rings. The molecule has 0 saturated heterocycles. The standard InChI is InChI=1S/C15H22O5.C2H6/c1-5-18-11(3)20-14-9-7-8-13(17-4)12(14)10-15(16)19-6-2;1-2/h7-9,11H,5-6,10H2,1-4H3;1-2H3. The number of esters is 1. The largest absolute Gasteiger partial charge is 0.496 e. The molecule has 0 bridgehead atoms. The maximum absolute atomic E-state index is 11.7. The molecule has 1 aromatic rings. The lowest BCUT2D eigenvalue weighted by Gasteiger charge is -2.18. The summed E-state index contributed by atoms with van der Waals surface area (Å²) in [5, 5.41) is 0. The van der Waals surface area contributed by atoms with Gasteiger partial charge in [0.05, 0.1) is 20.1 Å². The van der Waals surface area contributed by atoms with Gasteiger partial charge in [-0.3, -0.25) is 4.79 Å². The number of rotatable bonds is 8. The first kappa shape index (κ1) is 20.2. The van der Waals surface area contributed by atoms with Crippen molar-refractivity contribution in [1.82, 2.24) is 0 Å². The first-order valence-electron chi connectivity index (χ1n) is 7.72. The summed E-state index contributed by atoms with van der Waals surface area (Å²) < 4.78 is 21.3. The van der Waals surface area contributed by atoms with Gasteiger partial charge in [0.15, 0.2) is 6.29 Å². The molecular formula is C17H28O5. The summed E-state index contributed by atoms with van der Waals surface area (Å²) in [5.41, 5.74) is 0.667. The lowest BCUT2D eigenvalue weighted by atomic mass is 10.1. The zero-order valence-corrected chi connectivity index (χ0v) is 14.5. The normalized spacial score (nSPS) is 11.0. The predicted molar refractivity (Wildman–Crippen MR) is 86.4 cm³/mol. The van der Waals surface area contributed by atoms with Crippen molar-refractivity contribution in [3.63, 3.8) is 0 Å². The van der Waals surface area contributed by atoms with Gasteiger partial charge >= 0.3 is 5.97 Å². The summed E-state index contributed by atoms with van der Waals surface area (Å²) in [6, 6.07) is 5.38. The van der Waals surface area contributed by atoms with Crippen LogP contribution in [0, 0.1) is 0 Å². The van der Waals surface area contributed by atoms with Crippen LogP contribution >= 0.6 is 0 Å². The van der Waals surface area contributed by atoms with E-state index < -0.39 is 6.29 Å². The molecule has 1 unspecified atom stereocenters. The molecule has 5 heteroatoms. The number of carbonyl (C=O) groups excluding carboxylic acids is 1. The van der Waals surface area contributed by atoms with E-state index in [2.05, 4.69) is 0 Å². The first-order chi connectivity index (χ1) is 10.6. The van der Waals surface area contributed by atoms with Crippen molar-refractivity contribution < 1.29 is 23.7 Å². The number of ether oxygens (including phenoxy) is 4. The van der Waals surface area contributed by atoms with Crippen LogP contribution in [0.4, 0.5) is 0 Å². The number of benzene rings is 1. The Kier molecular flexibility index (Phi) is 10.9. The van der Waals surface area contributed by atoms with Crippen LogP contribution in [0.2, 0.25) is 0 Å². The van der Waals surface area contributed by atoms with Crippen molar-refractivity contribution in [3.05, 3.63) is 23.8 Å². The Morgan fingerprint density at radius 1 is 1.14 bits per heavy atom. The molecule has 1 aromatic carbocycles. The Labute approximate surface area is 133 Å². The van der Waals surface area contributed by atoms with Crippen LogP contribution in [0.1, 0.15) is 40.2 Å². The molecular weight excluding hydrogens is 284 g/mol. The van der Waals surface area contributed by atoms with E-state index in [1.807, 2.05) is 26.8 Å². The van der Waals surface area contributed by atoms with E-state index in [0.29, 0.717) is 30.3 Å². The molecule has 0 amide bonds. The van der Waals surface area contributed by atoms with E-state index in [-0.39, 0.29) is 12.4 Å². The van der Waals surface area contributed by atoms with Gasteiger partial charge in [0.2, 0.25) is 0 Å². The van der Waals surface area contributed by atoms with Crippen molar-refractivity contribution in [1.29, 1.82) is 0 Å². The van der Waals surface area contributed by atoms with E-state index in [1.54, 1.807) is 33.1 Å². The Morgan fingerprint density at radius 3 is 2.32 bits per heavy atom. The lowest BCUT2D eigenvalue weighted by Crippen LogP contribution is -2.18. The minimum atomic E-state index is -0.395. The van der Waals surface area contributed by atoms with Crippen LogP contribution in [0.5, 0.6) is 11.5 Å². The summed E-state index contributed by atoms with van der Waals surface area (Å²) >= 11 is 0. The topological polar surface area (TPSA) is 54.0 Å². The molecule has 5 nitrogen and oxygen atoms in total. The van der Waals surface area contributed by atoms with Crippen molar-refractivity contribution in [2.45, 2.75) is 47.3 Å². The number of hydrogen-bond donors (Lipinski definition) is 0. The zero-order valence-electron chi connectivity index (χ0n) is 14.5. The van der Waals surface area contributed by atoms with Crippen molar-refractivity contribution in [2.75, 3.05) is 20.3 Å². The molecule has 22 heavy (non-hydrogen) atoms. The first-order valence-corrected chi connectivity index (χ1v) is 7.72. The number of carbonyl (C=O) groups is 1. The fraction of sp³-hybridized carbons (Fsp3) is 0.588. The van der Waals surface area contributed by atoms with Crippen molar-refractivity contribution >= 4 is 5.97 Å². The highest BCUT2D eigenvalue weighted by atomic mass is 16.7. The Hall–Kier alpha value is -1.75. The third-order valence-corrected chi connectivity index (χ3v) is 2.63. The third-order valence-electron chi connectivity index (χ3n) is 2.63. The Morgan fingerprint density at radius 2 is 1.77 bits per heavy atom. The summed E-state index contributed by atoms with van der Waals surface area (Å²) in [6.45, 7) is 10.4. The van der Waals surface area contributed by atoms with Crippen molar-refractivity contribution in [2.24, 2.45) is 0 Å². The quantitative estimate of drug-likeness (QED) is 0.542. The highest BCUT2D eigenvalue weighted by Crippen LogP contribution is 2.30. The smallest absolute Gasteiger partial charge is 0.310 e. The van der Waals surface area contributed by atoms with Crippen LogP contribution in [-0.4, -0.2) is 32.6 Å². The number of hydrogen-bond acceptors (Lipinski definition) is 5. The maximum atomic E-state index is 11.7. The summed E-state index contributed by atoms with van der Waals surface area (Å²) in [7, 11) is 1.56. The average molecular weight is 312 g/mol. The highest BCUT2D eigenvalue weighted by molar-refractivity contribution is 5.75. The zero-order chi connectivity index (χ0) is 17.0. The van der Waals surface area contributed by atoms with Gasteiger partial charge in [0.25, 0.3) is 0 Å². The predicted octanol–water partition coefficient (Wildman–Crippen LogP) is 3.59. The highest BCUT2D eigenvalue weighted by Gasteiger charge is 2.17. The van der Waals surface area contributed by atoms with Crippen LogP contribution in [0.3, 0.4) is 0 Å². The molecule has 0 fully saturated rings. The van der Waals surface area contributed by atoms with E-state index in [1.165, 1.54) is 0 Å². The summed E-state index contributed by atoms with van der Waals surface area (Å²) in [4.78, 5) is 11.7. The third kappa shape index (κ3) is 6.80. The second kappa shape index (κ2) is 11.9. The molecule has 1 atom stereocenters. The molecule has 1 rings (SSSR count). The Balaban J connectivity index is 0.00000211. The van der Waals surface area contributed by atoms with Crippen LogP contribution < -0.4 is 9.47 Å². The second-order valence-corrected chi connectivity index (χ2v) is 4.06. The molecule has 0 aliphatic heterocycles. The van der Waals surface area contributed by atoms with Gasteiger partial charge in [-0.1, -0.05) is 19.9 Å². The van der Waals surface area contributed by atoms with E-state index >= 15 is 0 Å². The van der Waals surface area contributed by atoms with Crippen LogP contribution in [0.25, 0.3) is 0 Å². The van der Waals surface area contributed by atoms with E-state index in [9.17, 15) is 4.79 Å². The molecule has 0 saturated carbocycles. The van der Waals surface area contributed by atoms with Gasteiger partial charge in [-0.25, -0.2) is 0 Å². The van der Waals surface area contributed by atoms with Crippen molar-refractivity contribution in [3.8, 4) is 11.5 Å². The molecule has 0 heterocycles. The van der Waals surface area contributed by atoms with Gasteiger partial charge in [0, 0.05) is 12.2 Å². The lowest BCUT2D eigenvalue weighted by molar-refractivity contribution is -0.142. The molecule has 0 aliphatic carbocycles. The SMILES string of the molecule is CC.CCOC(=O)Cc1c(OC)cccc1OC(C)OCC. The molecule has 0 radical (unpaired) electrons. The monoisotopic (exact) mass is 312 g/mol. The van der Waals surface area contributed by atoms with E-state index in [0.717, 1.165) is 0 Å². The van der Waals surface area contributed by atoms with Gasteiger partial charge < -0.3 is 18.9 Å². The Bertz CT molecular complexity index is 431. The maximum Gasteiger partial charge on any atom is 0.310 e. The van der Waals surface area contributed by atoms with Crippen LogP contribution in [0.15, 0.2) is 18.2 Å². The second-order valence-electron chi connectivity index (χ2n) is 4.06. The number of methoxy groups -OCH3 is 1. The summed E-state index contributed by atoms with van der Waals surface area (Å²) in [6.07, 6.45) is -0.292. The fourth-order valence-corrected chi connectivity index (χ4v) is 1.83. The minimum absolute atomic E-state index is 0.103. The van der Waals surface area contributed by atoms with Gasteiger partial charge in [-0.2, -0.15) is 0 Å². The summed E-state index contributed by atoms with van der Waals surface area (Å²) in [5.74, 6) is 0.850. The molecule has 0 N–H and O–H groups in total. The van der Waals surface area contributed by atoms with Gasteiger partial charge in [-0.05, 0) is 32.9 Å². The molecule has 0 aromatic heterocycles. The fourth-order valence-electron chi connectivity index (χ4n) is 1.83. The van der Waals surface area contributed by atoms with Crippen LogP contribution in [-0.2, 0) is 20.7 Å². The minimum Gasteiger partial charge on any atom is -0.496 e. The average Bonchev–Trinajstić information content (AvgIpc) is 2.51.